The number of carboxylic acid groups (broad SMARTS) is 1. The Morgan fingerprint density at radius 1 is 1.28 bits per heavy atom. The van der Waals surface area contributed by atoms with Crippen molar-refractivity contribution in [2.45, 2.75) is 12.3 Å². The van der Waals surface area contributed by atoms with Crippen molar-refractivity contribution in [3.63, 3.8) is 0 Å². The fourth-order valence-electron chi connectivity index (χ4n) is 1.49. The first-order valence-electron chi connectivity index (χ1n) is 5.03. The maximum atomic E-state index is 14.5. The quantitative estimate of drug-likeness (QED) is 0.837. The largest absolute Gasteiger partial charge is 0.478 e. The van der Waals surface area contributed by atoms with Gasteiger partial charge in [0.2, 0.25) is 5.41 Å². The van der Waals surface area contributed by atoms with Gasteiger partial charge in [0.15, 0.2) is 0 Å². The van der Waals surface area contributed by atoms with Crippen LogP contribution in [0.4, 0.5) is 4.39 Å². The van der Waals surface area contributed by atoms with Crippen LogP contribution in [0.15, 0.2) is 24.3 Å². The third-order valence-electron chi connectivity index (χ3n) is 2.65. The van der Waals surface area contributed by atoms with E-state index in [0.717, 1.165) is 21.1 Å². The van der Waals surface area contributed by atoms with E-state index in [9.17, 15) is 13.8 Å². The molecular weight excluding hydrogens is 262 g/mol. The third-order valence-corrected chi connectivity index (χ3v) is 4.90. The van der Waals surface area contributed by atoms with Gasteiger partial charge in [0.1, 0.15) is 0 Å². The van der Waals surface area contributed by atoms with E-state index in [1.54, 1.807) is 0 Å². The van der Waals surface area contributed by atoms with E-state index in [1.807, 2.05) is 0 Å². The molecule has 1 N–H and O–H groups in total. The summed E-state index contributed by atoms with van der Waals surface area (Å²) in [6.45, 7) is 1.07. The first-order chi connectivity index (χ1) is 8.28. The summed E-state index contributed by atoms with van der Waals surface area (Å²) < 4.78 is 35.9. The Morgan fingerprint density at radius 2 is 1.72 bits per heavy atom. The summed E-state index contributed by atoms with van der Waals surface area (Å²) in [6, 6.07) is 4.94. The van der Waals surface area contributed by atoms with Crippen molar-refractivity contribution in [3.05, 3.63) is 35.4 Å². The molecule has 7 heteroatoms. The number of rotatable bonds is 5. The molecule has 1 aromatic rings. The summed E-state index contributed by atoms with van der Waals surface area (Å²) in [5, 5.41) is 6.38. The number of carboxylic acids is 1. The van der Waals surface area contributed by atoms with Crippen LogP contribution in [0.25, 0.3) is 0 Å². The predicted molar refractivity (Wildman–Crippen MR) is 63.5 cm³/mol. The second-order valence-electron chi connectivity index (χ2n) is 3.70. The Balaban J connectivity index is 3.20. The molecule has 0 fully saturated rings. The van der Waals surface area contributed by atoms with Gasteiger partial charge in [-0.3, -0.25) is 4.57 Å². The Kier molecular flexibility index (Phi) is 4.27. The van der Waals surface area contributed by atoms with Gasteiger partial charge in [0.05, 0.1) is 5.56 Å². The molecule has 18 heavy (non-hydrogen) atoms. The van der Waals surface area contributed by atoms with Crippen LogP contribution < -0.4 is 0 Å². The van der Waals surface area contributed by atoms with Crippen LogP contribution >= 0.6 is 7.60 Å². The topological polar surface area (TPSA) is 72.8 Å². The van der Waals surface area contributed by atoms with Crippen molar-refractivity contribution in [1.82, 2.24) is 0 Å². The second kappa shape index (κ2) is 5.18. The van der Waals surface area contributed by atoms with Crippen LogP contribution in [-0.2, 0) is 19.0 Å². The van der Waals surface area contributed by atoms with Crippen LogP contribution in [0.5, 0.6) is 0 Å². The van der Waals surface area contributed by atoms with Crippen molar-refractivity contribution >= 4 is 13.6 Å². The number of carbonyl (C=O) groups is 1. The Hall–Kier alpha value is -1.23. The maximum absolute atomic E-state index is 14.5. The van der Waals surface area contributed by atoms with E-state index in [0.29, 0.717) is 0 Å². The normalized spacial score (nSPS) is 15.1. The lowest BCUT2D eigenvalue weighted by Gasteiger charge is -2.27. The van der Waals surface area contributed by atoms with Gasteiger partial charge in [-0.2, -0.15) is 0 Å². The van der Waals surface area contributed by atoms with Crippen molar-refractivity contribution in [2.75, 3.05) is 14.2 Å². The highest BCUT2D eigenvalue weighted by atomic mass is 31.2. The monoisotopic (exact) mass is 276 g/mol. The zero-order valence-corrected chi connectivity index (χ0v) is 11.1. The van der Waals surface area contributed by atoms with Gasteiger partial charge < -0.3 is 14.2 Å². The highest BCUT2D eigenvalue weighted by Gasteiger charge is 2.48. The van der Waals surface area contributed by atoms with Crippen LogP contribution in [0, 0.1) is 0 Å². The molecule has 0 radical (unpaired) electrons. The van der Waals surface area contributed by atoms with Crippen molar-refractivity contribution < 1.29 is 27.9 Å². The fraction of sp³-hybridized carbons (Fsp3) is 0.364. The van der Waals surface area contributed by atoms with Gasteiger partial charge >= 0.3 is 13.6 Å². The van der Waals surface area contributed by atoms with E-state index < -0.39 is 19.0 Å². The maximum Gasteiger partial charge on any atom is 0.371 e. The molecule has 0 aromatic heterocycles. The average molecular weight is 276 g/mol. The highest BCUT2D eigenvalue weighted by Crippen LogP contribution is 2.64. The molecule has 0 saturated carbocycles. The van der Waals surface area contributed by atoms with Crippen molar-refractivity contribution in [3.8, 4) is 0 Å². The van der Waals surface area contributed by atoms with Gasteiger partial charge in [-0.1, -0.05) is 12.1 Å². The van der Waals surface area contributed by atoms with Crippen molar-refractivity contribution in [2.24, 2.45) is 0 Å². The summed E-state index contributed by atoms with van der Waals surface area (Å²) in [6.07, 6.45) is 0. The molecule has 1 aromatic carbocycles. The van der Waals surface area contributed by atoms with Gasteiger partial charge in [-0.05, 0) is 19.1 Å². The molecule has 0 aliphatic rings. The minimum absolute atomic E-state index is 0.0132. The summed E-state index contributed by atoms with van der Waals surface area (Å²) in [4.78, 5) is 10.7. The summed E-state index contributed by atoms with van der Waals surface area (Å²) in [5.74, 6) is -1.12. The molecule has 0 amide bonds. The van der Waals surface area contributed by atoms with E-state index in [1.165, 1.54) is 24.3 Å². The first kappa shape index (κ1) is 14.8. The molecular formula is C11H14FO5P. The van der Waals surface area contributed by atoms with Crippen molar-refractivity contribution in [1.29, 1.82) is 0 Å². The molecule has 1 atom stereocenters. The molecule has 0 aliphatic heterocycles. The molecule has 0 saturated heterocycles. The van der Waals surface area contributed by atoms with Crippen LogP contribution in [0.1, 0.15) is 22.8 Å². The molecule has 1 rings (SSSR count). The van der Waals surface area contributed by atoms with E-state index >= 15 is 0 Å². The van der Waals surface area contributed by atoms with Gasteiger partial charge in [0.25, 0.3) is 0 Å². The Bertz CT molecular complexity index is 475. The molecule has 0 aliphatic carbocycles. The van der Waals surface area contributed by atoms with Gasteiger partial charge in [-0.25, -0.2) is 9.18 Å². The smallest absolute Gasteiger partial charge is 0.371 e. The van der Waals surface area contributed by atoms with Crippen LogP contribution in [0.2, 0.25) is 0 Å². The lowest BCUT2D eigenvalue weighted by molar-refractivity contribution is 0.0696. The number of hydrogen-bond donors (Lipinski definition) is 1. The van der Waals surface area contributed by atoms with E-state index in [-0.39, 0.29) is 11.1 Å². The number of benzene rings is 1. The lowest BCUT2D eigenvalue weighted by atomic mass is 10.1. The van der Waals surface area contributed by atoms with Gasteiger partial charge in [0, 0.05) is 19.8 Å². The molecule has 0 bridgehead atoms. The zero-order valence-electron chi connectivity index (χ0n) is 10.2. The number of alkyl halides is 1. The summed E-state index contributed by atoms with van der Waals surface area (Å²) in [7, 11) is -1.78. The summed E-state index contributed by atoms with van der Waals surface area (Å²) in [5.41, 5.74) is 0.0405. The number of halogens is 1. The minimum Gasteiger partial charge on any atom is -0.478 e. The highest BCUT2D eigenvalue weighted by molar-refractivity contribution is 7.54. The van der Waals surface area contributed by atoms with E-state index in [2.05, 4.69) is 9.05 Å². The molecule has 0 heterocycles. The lowest BCUT2D eigenvalue weighted by Crippen LogP contribution is -2.18. The number of hydrogen-bond acceptors (Lipinski definition) is 4. The molecule has 0 spiro atoms. The first-order valence-corrected chi connectivity index (χ1v) is 6.57. The van der Waals surface area contributed by atoms with Crippen LogP contribution in [0.3, 0.4) is 0 Å². The zero-order chi connectivity index (χ0) is 14.0. The minimum atomic E-state index is -3.96. The van der Waals surface area contributed by atoms with Gasteiger partial charge in [-0.15, -0.1) is 0 Å². The summed E-state index contributed by atoms with van der Waals surface area (Å²) >= 11 is 0. The SMILES string of the molecule is COP(=O)(OC)C(C)(F)c1ccc(C(=O)O)cc1. The van der Waals surface area contributed by atoms with Crippen LogP contribution in [-0.4, -0.2) is 25.3 Å². The molecule has 5 nitrogen and oxygen atoms in total. The molecule has 100 valence electrons. The Morgan fingerprint density at radius 3 is 2.06 bits per heavy atom. The second-order valence-corrected chi connectivity index (χ2v) is 6.26. The third kappa shape index (κ3) is 2.46. The standard InChI is InChI=1S/C11H14FO5P/c1-11(12,18(15,16-2)17-3)9-6-4-8(5-7-9)10(13)14/h4-7H,1-3H3,(H,13,14). The van der Waals surface area contributed by atoms with E-state index in [4.69, 9.17) is 5.11 Å². The fourth-order valence-corrected chi connectivity index (χ4v) is 2.79. The average Bonchev–Trinajstić information content (AvgIpc) is 2.37. The Labute approximate surface area is 104 Å². The number of aromatic carboxylic acids is 1. The molecule has 1 unspecified atom stereocenters. The predicted octanol–water partition coefficient (Wildman–Crippen LogP) is 3.01.